The minimum atomic E-state index is -0.452. The molecular weight excluding hydrogens is 308 g/mol. The topological polar surface area (TPSA) is 85.2 Å². The number of tetrazole rings is 1. The van der Waals surface area contributed by atoms with E-state index in [-0.39, 0.29) is 5.91 Å². The molecule has 1 aromatic heterocycles. The highest BCUT2D eigenvalue weighted by Crippen LogP contribution is 2.13. The average molecular weight is 330 g/mol. The van der Waals surface area contributed by atoms with Crippen LogP contribution in [-0.4, -0.2) is 70.4 Å². The Balaban J connectivity index is 1.57. The molecule has 0 bridgehead atoms. The number of hydrogen-bond donors (Lipinski definition) is 1. The lowest BCUT2D eigenvalue weighted by Gasteiger charge is -2.26. The number of benzene rings is 1. The van der Waals surface area contributed by atoms with E-state index in [0.29, 0.717) is 13.0 Å². The standard InChI is InChI=1S/C16H22N6O2/c23-16(17-6-7-21-8-10-24-11-9-21)15(22-13-18-19-20-22)12-14-4-2-1-3-5-14/h1-5,13,15H,6-12H2,(H,17,23). The molecule has 3 rings (SSSR count). The van der Waals surface area contributed by atoms with Crippen molar-refractivity contribution in [3.63, 3.8) is 0 Å². The molecule has 1 aromatic carbocycles. The summed E-state index contributed by atoms with van der Waals surface area (Å²) < 4.78 is 6.84. The number of carbonyl (C=O) groups is 1. The van der Waals surface area contributed by atoms with E-state index in [2.05, 4.69) is 25.7 Å². The zero-order valence-electron chi connectivity index (χ0n) is 13.5. The lowest BCUT2D eigenvalue weighted by molar-refractivity contribution is -0.124. The van der Waals surface area contributed by atoms with E-state index in [1.807, 2.05) is 30.3 Å². The van der Waals surface area contributed by atoms with Crippen LogP contribution in [0.5, 0.6) is 0 Å². The molecule has 24 heavy (non-hydrogen) atoms. The molecule has 2 aromatic rings. The Kier molecular flexibility index (Phi) is 5.86. The van der Waals surface area contributed by atoms with Crippen molar-refractivity contribution in [2.45, 2.75) is 12.5 Å². The van der Waals surface area contributed by atoms with Crippen molar-refractivity contribution in [2.24, 2.45) is 0 Å². The molecule has 1 N–H and O–H groups in total. The highest BCUT2D eigenvalue weighted by Gasteiger charge is 2.22. The Morgan fingerprint density at radius 3 is 2.75 bits per heavy atom. The van der Waals surface area contributed by atoms with E-state index in [0.717, 1.165) is 38.4 Å². The first-order valence-corrected chi connectivity index (χ1v) is 8.17. The normalized spacial score (nSPS) is 16.7. The number of ether oxygens (including phenoxy) is 1. The van der Waals surface area contributed by atoms with Crippen LogP contribution < -0.4 is 5.32 Å². The second kappa shape index (κ2) is 8.51. The maximum atomic E-state index is 12.6. The van der Waals surface area contributed by atoms with E-state index in [1.54, 1.807) is 0 Å². The number of carbonyl (C=O) groups excluding carboxylic acids is 1. The van der Waals surface area contributed by atoms with Gasteiger partial charge in [-0.15, -0.1) is 5.10 Å². The molecule has 8 heteroatoms. The summed E-state index contributed by atoms with van der Waals surface area (Å²) in [7, 11) is 0. The summed E-state index contributed by atoms with van der Waals surface area (Å²) in [5.41, 5.74) is 1.07. The van der Waals surface area contributed by atoms with Crippen molar-refractivity contribution in [2.75, 3.05) is 39.4 Å². The average Bonchev–Trinajstić information content (AvgIpc) is 3.16. The van der Waals surface area contributed by atoms with Gasteiger partial charge < -0.3 is 10.1 Å². The number of morpholine rings is 1. The third-order valence-electron chi connectivity index (χ3n) is 4.09. The van der Waals surface area contributed by atoms with Gasteiger partial charge in [0, 0.05) is 32.6 Å². The van der Waals surface area contributed by atoms with E-state index in [1.165, 1.54) is 11.0 Å². The van der Waals surface area contributed by atoms with Crippen molar-refractivity contribution in [1.29, 1.82) is 0 Å². The van der Waals surface area contributed by atoms with Gasteiger partial charge in [0.15, 0.2) is 0 Å². The number of rotatable bonds is 7. The molecule has 1 amide bonds. The van der Waals surface area contributed by atoms with Crippen molar-refractivity contribution in [3.05, 3.63) is 42.2 Å². The summed E-state index contributed by atoms with van der Waals surface area (Å²) in [5.74, 6) is -0.0700. The Morgan fingerprint density at radius 2 is 2.04 bits per heavy atom. The lowest BCUT2D eigenvalue weighted by atomic mass is 10.1. The van der Waals surface area contributed by atoms with Gasteiger partial charge in [-0.2, -0.15) is 0 Å². The zero-order chi connectivity index (χ0) is 16.6. The predicted molar refractivity (Wildman–Crippen MR) is 87.3 cm³/mol. The first kappa shape index (κ1) is 16.5. The predicted octanol–water partition coefficient (Wildman–Crippen LogP) is -0.0947. The van der Waals surface area contributed by atoms with Crippen molar-refractivity contribution in [1.82, 2.24) is 30.4 Å². The summed E-state index contributed by atoms with van der Waals surface area (Å²) in [6, 6.07) is 9.42. The number of hydrogen-bond acceptors (Lipinski definition) is 6. The summed E-state index contributed by atoms with van der Waals surface area (Å²) >= 11 is 0. The van der Waals surface area contributed by atoms with E-state index >= 15 is 0 Å². The second-order valence-electron chi connectivity index (χ2n) is 5.74. The molecule has 1 aliphatic rings. The first-order chi connectivity index (χ1) is 11.8. The molecule has 2 heterocycles. The molecule has 0 spiro atoms. The van der Waals surface area contributed by atoms with Gasteiger partial charge in [-0.25, -0.2) is 4.68 Å². The van der Waals surface area contributed by atoms with Crippen LogP contribution in [-0.2, 0) is 16.0 Å². The lowest BCUT2D eigenvalue weighted by Crippen LogP contribution is -2.43. The smallest absolute Gasteiger partial charge is 0.245 e. The molecule has 1 aliphatic heterocycles. The SMILES string of the molecule is O=C(NCCN1CCOCC1)C(Cc1ccccc1)n1cnnn1. The molecule has 128 valence electrons. The van der Waals surface area contributed by atoms with Gasteiger partial charge in [-0.3, -0.25) is 9.69 Å². The number of nitrogens with zero attached hydrogens (tertiary/aromatic N) is 5. The van der Waals surface area contributed by atoms with Crippen LogP contribution >= 0.6 is 0 Å². The van der Waals surface area contributed by atoms with Gasteiger partial charge in [0.25, 0.3) is 0 Å². The first-order valence-electron chi connectivity index (χ1n) is 8.17. The fraction of sp³-hybridized carbons (Fsp3) is 0.500. The van der Waals surface area contributed by atoms with Crippen LogP contribution in [0.2, 0.25) is 0 Å². The maximum absolute atomic E-state index is 12.6. The third-order valence-corrected chi connectivity index (χ3v) is 4.09. The largest absolute Gasteiger partial charge is 0.379 e. The molecule has 1 unspecified atom stereocenters. The minimum absolute atomic E-state index is 0.0700. The van der Waals surface area contributed by atoms with Crippen LogP contribution in [0.1, 0.15) is 11.6 Å². The van der Waals surface area contributed by atoms with Crippen molar-refractivity contribution in [3.8, 4) is 0 Å². The Hall–Kier alpha value is -2.32. The van der Waals surface area contributed by atoms with Gasteiger partial charge in [0.05, 0.1) is 13.2 Å². The van der Waals surface area contributed by atoms with Crippen LogP contribution in [0.15, 0.2) is 36.7 Å². The fourth-order valence-electron chi connectivity index (χ4n) is 2.73. The Labute approximate surface area is 140 Å². The highest BCUT2D eigenvalue weighted by atomic mass is 16.5. The number of aromatic nitrogens is 4. The van der Waals surface area contributed by atoms with Gasteiger partial charge in [-0.1, -0.05) is 30.3 Å². The van der Waals surface area contributed by atoms with Gasteiger partial charge in [0.1, 0.15) is 12.4 Å². The summed E-state index contributed by atoms with van der Waals surface area (Å²) in [6.07, 6.45) is 2.03. The van der Waals surface area contributed by atoms with Crippen LogP contribution in [0.4, 0.5) is 0 Å². The molecule has 8 nitrogen and oxygen atoms in total. The van der Waals surface area contributed by atoms with E-state index < -0.39 is 6.04 Å². The zero-order valence-corrected chi connectivity index (χ0v) is 13.5. The Bertz CT molecular complexity index is 613. The molecular formula is C16H22N6O2. The number of amides is 1. The van der Waals surface area contributed by atoms with Crippen LogP contribution in [0.3, 0.4) is 0 Å². The molecule has 1 saturated heterocycles. The van der Waals surface area contributed by atoms with Gasteiger partial charge in [0.2, 0.25) is 5.91 Å². The molecule has 1 fully saturated rings. The van der Waals surface area contributed by atoms with E-state index in [9.17, 15) is 4.79 Å². The fourth-order valence-corrected chi connectivity index (χ4v) is 2.73. The quantitative estimate of drug-likeness (QED) is 0.763. The third kappa shape index (κ3) is 4.59. The van der Waals surface area contributed by atoms with Crippen LogP contribution in [0, 0.1) is 0 Å². The van der Waals surface area contributed by atoms with E-state index in [4.69, 9.17) is 4.74 Å². The van der Waals surface area contributed by atoms with Crippen molar-refractivity contribution < 1.29 is 9.53 Å². The summed E-state index contributed by atoms with van der Waals surface area (Å²) in [5, 5.41) is 14.2. The van der Waals surface area contributed by atoms with Gasteiger partial charge in [-0.05, 0) is 16.0 Å². The molecule has 0 saturated carbocycles. The van der Waals surface area contributed by atoms with Crippen molar-refractivity contribution >= 4 is 5.91 Å². The Morgan fingerprint density at radius 1 is 1.25 bits per heavy atom. The van der Waals surface area contributed by atoms with Gasteiger partial charge >= 0.3 is 0 Å². The second-order valence-corrected chi connectivity index (χ2v) is 5.74. The minimum Gasteiger partial charge on any atom is -0.379 e. The molecule has 0 radical (unpaired) electrons. The maximum Gasteiger partial charge on any atom is 0.245 e. The highest BCUT2D eigenvalue weighted by molar-refractivity contribution is 5.80. The summed E-state index contributed by atoms with van der Waals surface area (Å²) in [4.78, 5) is 14.9. The molecule has 1 atom stereocenters. The number of nitrogens with one attached hydrogen (secondary N) is 1. The monoisotopic (exact) mass is 330 g/mol. The molecule has 0 aliphatic carbocycles. The summed E-state index contributed by atoms with van der Waals surface area (Å²) in [6.45, 7) is 4.77. The van der Waals surface area contributed by atoms with Crippen LogP contribution in [0.25, 0.3) is 0 Å².